The maximum absolute atomic E-state index is 9.62. The zero-order valence-corrected chi connectivity index (χ0v) is 9.44. The molecule has 0 aliphatic heterocycles. The average molecular weight is 290 g/mol. The highest BCUT2D eigenvalue weighted by Crippen LogP contribution is 2.34. The first-order valence-electron chi connectivity index (χ1n) is 3.55. The van der Waals surface area contributed by atoms with E-state index in [1.54, 1.807) is 11.3 Å². The molecule has 1 N–H and O–H groups in total. The number of halogens is 1. The van der Waals surface area contributed by atoms with Crippen molar-refractivity contribution < 1.29 is 5.11 Å². The number of phenols is 1. The molecular weight excluding hydrogens is 283 g/mol. The van der Waals surface area contributed by atoms with Crippen molar-refractivity contribution in [2.45, 2.75) is 6.92 Å². The summed E-state index contributed by atoms with van der Waals surface area (Å²) in [5.74, 6) is 0.422. The van der Waals surface area contributed by atoms with Crippen LogP contribution >= 0.6 is 33.9 Å². The van der Waals surface area contributed by atoms with Gasteiger partial charge in [0.05, 0.1) is 3.57 Å². The van der Waals surface area contributed by atoms with E-state index in [1.807, 2.05) is 18.4 Å². The molecule has 1 aromatic carbocycles. The van der Waals surface area contributed by atoms with Gasteiger partial charge in [-0.2, -0.15) is 0 Å². The third kappa shape index (κ3) is 1.11. The molecule has 0 saturated carbocycles. The summed E-state index contributed by atoms with van der Waals surface area (Å²) in [7, 11) is 0. The Morgan fingerprint density at radius 2 is 2.25 bits per heavy atom. The first-order chi connectivity index (χ1) is 5.70. The quantitative estimate of drug-likeness (QED) is 0.736. The summed E-state index contributed by atoms with van der Waals surface area (Å²) in [6, 6.07) is 4.09. The van der Waals surface area contributed by atoms with Crippen molar-refractivity contribution in [1.29, 1.82) is 0 Å². The lowest BCUT2D eigenvalue weighted by molar-refractivity contribution is 0.468. The molecule has 0 saturated heterocycles. The van der Waals surface area contributed by atoms with Gasteiger partial charge in [-0.3, -0.25) is 0 Å². The van der Waals surface area contributed by atoms with Crippen LogP contribution in [0.15, 0.2) is 17.5 Å². The van der Waals surface area contributed by atoms with Crippen LogP contribution in [0, 0.1) is 10.5 Å². The lowest BCUT2D eigenvalue weighted by Crippen LogP contribution is -1.79. The van der Waals surface area contributed by atoms with E-state index in [0.29, 0.717) is 5.75 Å². The van der Waals surface area contributed by atoms with Crippen molar-refractivity contribution in [2.24, 2.45) is 0 Å². The molecule has 12 heavy (non-hydrogen) atoms. The first kappa shape index (κ1) is 8.31. The van der Waals surface area contributed by atoms with Gasteiger partial charge in [0.2, 0.25) is 0 Å². The molecule has 0 radical (unpaired) electrons. The molecule has 0 amide bonds. The molecule has 1 aromatic heterocycles. The van der Waals surface area contributed by atoms with Crippen molar-refractivity contribution in [2.75, 3.05) is 0 Å². The van der Waals surface area contributed by atoms with Crippen LogP contribution in [-0.4, -0.2) is 5.11 Å². The van der Waals surface area contributed by atoms with Crippen LogP contribution in [-0.2, 0) is 0 Å². The highest BCUT2D eigenvalue weighted by Gasteiger charge is 2.07. The smallest absolute Gasteiger partial charge is 0.133 e. The Balaban J connectivity index is 2.94. The second-order valence-corrected chi connectivity index (χ2v) is 4.75. The number of aryl methyl sites for hydroxylation is 1. The monoisotopic (exact) mass is 290 g/mol. The summed E-state index contributed by atoms with van der Waals surface area (Å²) >= 11 is 3.82. The number of benzene rings is 1. The van der Waals surface area contributed by atoms with Crippen LogP contribution in [0.1, 0.15) is 5.56 Å². The Morgan fingerprint density at radius 3 is 3.00 bits per heavy atom. The maximum atomic E-state index is 9.62. The predicted octanol–water partition coefficient (Wildman–Crippen LogP) is 3.52. The molecule has 3 heteroatoms. The van der Waals surface area contributed by atoms with Gasteiger partial charge < -0.3 is 5.11 Å². The van der Waals surface area contributed by atoms with Crippen molar-refractivity contribution in [3.8, 4) is 5.75 Å². The van der Waals surface area contributed by atoms with Gasteiger partial charge in [0.15, 0.2) is 0 Å². The maximum Gasteiger partial charge on any atom is 0.133 e. The fourth-order valence-electron chi connectivity index (χ4n) is 1.23. The number of fused-ring (bicyclic) bond motifs is 1. The molecule has 0 unspecified atom stereocenters. The Bertz CT molecular complexity index is 433. The van der Waals surface area contributed by atoms with Crippen LogP contribution in [0.5, 0.6) is 5.75 Å². The largest absolute Gasteiger partial charge is 0.507 e. The molecule has 0 bridgehead atoms. The second kappa shape index (κ2) is 2.88. The van der Waals surface area contributed by atoms with E-state index >= 15 is 0 Å². The van der Waals surface area contributed by atoms with E-state index in [0.717, 1.165) is 9.13 Å². The van der Waals surface area contributed by atoms with Crippen LogP contribution < -0.4 is 0 Å². The van der Waals surface area contributed by atoms with E-state index in [-0.39, 0.29) is 0 Å². The van der Waals surface area contributed by atoms with Gasteiger partial charge in [0.25, 0.3) is 0 Å². The first-order valence-corrected chi connectivity index (χ1v) is 5.51. The Kier molecular flexibility index (Phi) is 2.00. The lowest BCUT2D eigenvalue weighted by Gasteiger charge is -2.02. The second-order valence-electron chi connectivity index (χ2n) is 2.67. The van der Waals surface area contributed by atoms with Gasteiger partial charge in [0, 0.05) is 10.3 Å². The van der Waals surface area contributed by atoms with Crippen LogP contribution in [0.25, 0.3) is 10.1 Å². The number of rotatable bonds is 0. The van der Waals surface area contributed by atoms with Gasteiger partial charge in [-0.15, -0.1) is 11.3 Å². The standard InChI is InChI=1S/C9H7IOS/c1-5-8(11)7(10)4-6-2-3-12-9(5)6/h2-4,11H,1H3. The molecule has 0 spiro atoms. The third-order valence-corrected chi connectivity index (χ3v) is 3.77. The zero-order valence-electron chi connectivity index (χ0n) is 6.47. The zero-order chi connectivity index (χ0) is 8.72. The van der Waals surface area contributed by atoms with E-state index in [9.17, 15) is 5.11 Å². The highest BCUT2D eigenvalue weighted by molar-refractivity contribution is 14.1. The lowest BCUT2D eigenvalue weighted by atomic mass is 10.2. The molecule has 1 heterocycles. The van der Waals surface area contributed by atoms with Gasteiger partial charge in [0.1, 0.15) is 5.75 Å². The van der Waals surface area contributed by atoms with Crippen LogP contribution in [0.3, 0.4) is 0 Å². The number of aromatic hydroxyl groups is 1. The summed E-state index contributed by atoms with van der Waals surface area (Å²) in [4.78, 5) is 0. The van der Waals surface area contributed by atoms with Crippen LogP contribution in [0.2, 0.25) is 0 Å². The van der Waals surface area contributed by atoms with Crippen molar-refractivity contribution in [3.05, 3.63) is 26.6 Å². The van der Waals surface area contributed by atoms with E-state index < -0.39 is 0 Å². The topological polar surface area (TPSA) is 20.2 Å². The average Bonchev–Trinajstić information content (AvgIpc) is 2.48. The van der Waals surface area contributed by atoms with Gasteiger partial charge in [-0.05, 0) is 52.4 Å². The summed E-state index contributed by atoms with van der Waals surface area (Å²) in [5, 5.41) is 12.9. The SMILES string of the molecule is Cc1c(O)c(I)cc2ccsc12. The number of phenolic OH excluding ortho intramolecular Hbond substituents is 1. The van der Waals surface area contributed by atoms with Gasteiger partial charge in [-0.25, -0.2) is 0 Å². The number of thiophene rings is 1. The van der Waals surface area contributed by atoms with Crippen LogP contribution in [0.4, 0.5) is 0 Å². The third-order valence-electron chi connectivity index (χ3n) is 1.90. The highest BCUT2D eigenvalue weighted by atomic mass is 127. The molecule has 62 valence electrons. The summed E-state index contributed by atoms with van der Waals surface area (Å²) in [6.45, 7) is 1.95. The fourth-order valence-corrected chi connectivity index (χ4v) is 2.86. The molecular formula is C9H7IOS. The minimum absolute atomic E-state index is 0.422. The molecule has 0 aliphatic rings. The minimum atomic E-state index is 0.422. The number of hydrogen-bond acceptors (Lipinski definition) is 2. The normalized spacial score (nSPS) is 10.8. The molecule has 0 fully saturated rings. The Hall–Kier alpha value is -0.290. The minimum Gasteiger partial charge on any atom is -0.507 e. The van der Waals surface area contributed by atoms with Crippen molar-refractivity contribution in [3.63, 3.8) is 0 Å². The Morgan fingerprint density at radius 1 is 1.50 bits per heavy atom. The molecule has 0 aliphatic carbocycles. The Labute approximate surface area is 88.2 Å². The van der Waals surface area contributed by atoms with Gasteiger partial charge >= 0.3 is 0 Å². The number of hydrogen-bond donors (Lipinski definition) is 1. The molecule has 2 rings (SSSR count). The van der Waals surface area contributed by atoms with E-state index in [2.05, 4.69) is 28.7 Å². The van der Waals surface area contributed by atoms with E-state index in [1.165, 1.54) is 10.1 Å². The fraction of sp³-hybridized carbons (Fsp3) is 0.111. The summed E-state index contributed by atoms with van der Waals surface area (Å²) < 4.78 is 2.11. The summed E-state index contributed by atoms with van der Waals surface area (Å²) in [5.41, 5.74) is 0.992. The van der Waals surface area contributed by atoms with Crippen molar-refractivity contribution >= 4 is 44.0 Å². The van der Waals surface area contributed by atoms with Gasteiger partial charge in [-0.1, -0.05) is 0 Å². The molecule has 2 aromatic rings. The molecule has 1 nitrogen and oxygen atoms in total. The predicted molar refractivity (Wildman–Crippen MR) is 60.9 cm³/mol. The van der Waals surface area contributed by atoms with Crippen molar-refractivity contribution in [1.82, 2.24) is 0 Å². The summed E-state index contributed by atoms with van der Waals surface area (Å²) in [6.07, 6.45) is 0. The van der Waals surface area contributed by atoms with E-state index in [4.69, 9.17) is 0 Å². The molecule has 0 atom stereocenters.